The fourth-order valence-electron chi connectivity index (χ4n) is 3.51. The highest BCUT2D eigenvalue weighted by Gasteiger charge is 2.22. The number of rotatable bonds is 6. The molecule has 0 amide bonds. The second kappa shape index (κ2) is 9.32. The molecule has 0 N–H and O–H groups in total. The summed E-state index contributed by atoms with van der Waals surface area (Å²) in [7, 11) is 0. The molecule has 0 saturated carbocycles. The van der Waals surface area contributed by atoms with Gasteiger partial charge in [0.2, 0.25) is 11.6 Å². The number of nitro benzene ring substituents is 1. The quantitative estimate of drug-likeness (QED) is 0.221. The predicted molar refractivity (Wildman–Crippen MR) is 130 cm³/mol. The van der Waals surface area contributed by atoms with Crippen molar-refractivity contribution in [2.45, 2.75) is 13.5 Å². The van der Waals surface area contributed by atoms with Crippen molar-refractivity contribution in [1.82, 2.24) is 4.68 Å². The van der Waals surface area contributed by atoms with Gasteiger partial charge in [-0.3, -0.25) is 15.1 Å². The number of hydrogen-bond donors (Lipinski definition) is 0. The fourth-order valence-corrected chi connectivity index (χ4v) is 4.35. The first-order valence-corrected chi connectivity index (χ1v) is 11.4. The van der Waals surface area contributed by atoms with Crippen LogP contribution in [0.2, 0.25) is 0 Å². The van der Waals surface area contributed by atoms with Crippen molar-refractivity contribution in [3.63, 3.8) is 0 Å². The molecule has 0 aliphatic carbocycles. The van der Waals surface area contributed by atoms with E-state index >= 15 is 0 Å². The van der Waals surface area contributed by atoms with Gasteiger partial charge in [0.15, 0.2) is 11.5 Å². The fraction of sp³-hybridized carbons (Fsp3) is 0.120. The van der Waals surface area contributed by atoms with Crippen LogP contribution in [-0.2, 0) is 6.54 Å². The molecule has 1 aliphatic rings. The van der Waals surface area contributed by atoms with Crippen molar-refractivity contribution in [1.29, 1.82) is 0 Å². The molecule has 1 aliphatic heterocycles. The number of nitro groups is 1. The summed E-state index contributed by atoms with van der Waals surface area (Å²) >= 11 is 1.46. The van der Waals surface area contributed by atoms with Crippen LogP contribution in [-0.4, -0.2) is 22.6 Å². The van der Waals surface area contributed by atoms with Gasteiger partial charge in [-0.05, 0) is 18.6 Å². The summed E-state index contributed by atoms with van der Waals surface area (Å²) in [6, 6.07) is 21.0. The summed E-state index contributed by atoms with van der Waals surface area (Å²) in [5, 5.41) is 18.3. The molecular weight excluding hydrogens is 452 g/mol. The molecule has 0 unspecified atom stereocenters. The van der Waals surface area contributed by atoms with Crippen LogP contribution in [0.5, 0.6) is 11.5 Å². The van der Waals surface area contributed by atoms with Gasteiger partial charge in [-0.15, -0.1) is 11.3 Å². The van der Waals surface area contributed by atoms with Crippen LogP contribution in [0.25, 0.3) is 11.3 Å². The van der Waals surface area contributed by atoms with Crippen LogP contribution >= 0.6 is 11.3 Å². The third kappa shape index (κ3) is 4.46. The van der Waals surface area contributed by atoms with E-state index in [2.05, 4.69) is 5.10 Å². The van der Waals surface area contributed by atoms with Crippen molar-refractivity contribution >= 4 is 23.2 Å². The molecule has 0 radical (unpaired) electrons. The van der Waals surface area contributed by atoms with Gasteiger partial charge in [0.1, 0.15) is 0 Å². The van der Waals surface area contributed by atoms with Crippen molar-refractivity contribution < 1.29 is 14.4 Å². The first-order chi connectivity index (χ1) is 16.6. The minimum absolute atomic E-state index is 0.0342. The summed E-state index contributed by atoms with van der Waals surface area (Å²) in [6.45, 7) is 2.56. The Hall–Kier alpha value is -4.24. The van der Waals surface area contributed by atoms with Gasteiger partial charge >= 0.3 is 0 Å². The summed E-state index contributed by atoms with van der Waals surface area (Å²) in [5.74, 6) is 0.807. The molecule has 8 nitrogen and oxygen atoms in total. The zero-order chi connectivity index (χ0) is 23.5. The summed E-state index contributed by atoms with van der Waals surface area (Å²) < 4.78 is 12.4. The van der Waals surface area contributed by atoms with Gasteiger partial charge in [0.05, 0.1) is 35.0 Å². The molecule has 0 atom stereocenters. The molecule has 170 valence electrons. The van der Waals surface area contributed by atoms with Crippen LogP contribution in [0.15, 0.2) is 82.2 Å². The van der Waals surface area contributed by atoms with Gasteiger partial charge in [0, 0.05) is 10.9 Å². The van der Waals surface area contributed by atoms with E-state index in [0.717, 1.165) is 22.4 Å². The Morgan fingerprint density at radius 1 is 1.09 bits per heavy atom. The van der Waals surface area contributed by atoms with Gasteiger partial charge in [-0.1, -0.05) is 60.2 Å². The van der Waals surface area contributed by atoms with E-state index in [4.69, 9.17) is 14.5 Å². The molecule has 9 heteroatoms. The van der Waals surface area contributed by atoms with Crippen molar-refractivity contribution in [3.8, 4) is 22.8 Å². The van der Waals surface area contributed by atoms with Crippen LogP contribution < -0.4 is 14.3 Å². The Kier molecular flexibility index (Phi) is 5.92. The van der Waals surface area contributed by atoms with E-state index in [1.54, 1.807) is 10.7 Å². The number of nitrogens with zero attached hydrogens (tertiary/aromatic N) is 4. The molecule has 0 spiro atoms. The van der Waals surface area contributed by atoms with Crippen molar-refractivity contribution in [3.05, 3.63) is 104 Å². The van der Waals surface area contributed by atoms with E-state index in [1.165, 1.54) is 23.6 Å². The minimum atomic E-state index is -0.455. The van der Waals surface area contributed by atoms with Gasteiger partial charge in [-0.25, -0.2) is 4.68 Å². The molecule has 4 aromatic rings. The highest BCUT2D eigenvalue weighted by Crippen LogP contribution is 2.37. The van der Waals surface area contributed by atoms with Gasteiger partial charge in [0.25, 0.3) is 5.69 Å². The number of hydrogen-bond acceptors (Lipinski definition) is 7. The second-order valence-corrected chi connectivity index (χ2v) is 8.49. The lowest BCUT2D eigenvalue weighted by molar-refractivity contribution is -0.385. The standard InChI is InChI=1S/C25H20N4O4S/c1-17-7-9-19(10-8-17)22-15-34-25(26-13-18-5-3-2-4-6-18)28(22)27-14-20-11-23-24(33-16-32-23)12-21(20)29(30)31/h2-12,14-15H,13,16H2,1H3. The maximum atomic E-state index is 11.7. The Labute approximate surface area is 199 Å². The minimum Gasteiger partial charge on any atom is -0.454 e. The summed E-state index contributed by atoms with van der Waals surface area (Å²) in [5.41, 5.74) is 4.26. The molecule has 0 bridgehead atoms. The SMILES string of the molecule is Cc1ccc(-c2csc(=NCc3ccccc3)n2N=Cc2cc3c(cc2[N+](=O)[O-])OCO3)cc1. The number of aromatic nitrogens is 1. The highest BCUT2D eigenvalue weighted by atomic mass is 32.1. The molecular formula is C25H20N4O4S. The predicted octanol–water partition coefficient (Wildman–Crippen LogP) is 5.15. The van der Waals surface area contributed by atoms with E-state index in [0.29, 0.717) is 28.4 Å². The lowest BCUT2D eigenvalue weighted by Crippen LogP contribution is -2.12. The van der Waals surface area contributed by atoms with E-state index < -0.39 is 4.92 Å². The first kappa shape index (κ1) is 21.6. The Bertz CT molecular complexity index is 1440. The van der Waals surface area contributed by atoms with Crippen LogP contribution in [0.4, 0.5) is 5.69 Å². The largest absolute Gasteiger partial charge is 0.454 e. The maximum absolute atomic E-state index is 11.7. The van der Waals surface area contributed by atoms with Crippen LogP contribution in [0, 0.1) is 17.0 Å². The number of aryl methyl sites for hydroxylation is 1. The highest BCUT2D eigenvalue weighted by molar-refractivity contribution is 7.07. The maximum Gasteiger partial charge on any atom is 0.282 e. The number of benzene rings is 3. The van der Waals surface area contributed by atoms with Crippen LogP contribution in [0.1, 0.15) is 16.7 Å². The smallest absolute Gasteiger partial charge is 0.282 e. The van der Waals surface area contributed by atoms with Crippen molar-refractivity contribution in [2.75, 3.05) is 6.79 Å². The molecule has 5 rings (SSSR count). The third-order valence-corrected chi connectivity index (χ3v) is 6.16. The molecule has 0 fully saturated rings. The Morgan fingerprint density at radius 2 is 1.82 bits per heavy atom. The zero-order valence-electron chi connectivity index (χ0n) is 18.2. The van der Waals surface area contributed by atoms with E-state index in [1.807, 2.05) is 66.9 Å². The average Bonchev–Trinajstić information content (AvgIpc) is 3.48. The summed E-state index contributed by atoms with van der Waals surface area (Å²) in [4.78, 5) is 16.6. The number of fused-ring (bicyclic) bond motifs is 1. The van der Waals surface area contributed by atoms with Crippen LogP contribution in [0.3, 0.4) is 0 Å². The van der Waals surface area contributed by atoms with Crippen molar-refractivity contribution in [2.24, 2.45) is 10.1 Å². The van der Waals surface area contributed by atoms with Gasteiger partial charge in [-0.2, -0.15) is 5.10 Å². The lowest BCUT2D eigenvalue weighted by Gasteiger charge is -2.05. The summed E-state index contributed by atoms with van der Waals surface area (Å²) in [6.07, 6.45) is 1.46. The number of ether oxygens (including phenoxy) is 2. The molecule has 1 aromatic heterocycles. The van der Waals surface area contributed by atoms with Gasteiger partial charge < -0.3 is 9.47 Å². The average molecular weight is 473 g/mol. The third-order valence-electron chi connectivity index (χ3n) is 5.30. The lowest BCUT2D eigenvalue weighted by atomic mass is 10.1. The molecule has 2 heterocycles. The van der Waals surface area contributed by atoms with E-state index in [9.17, 15) is 10.1 Å². The topological polar surface area (TPSA) is 91.2 Å². The monoisotopic (exact) mass is 472 g/mol. The zero-order valence-corrected chi connectivity index (χ0v) is 19.1. The number of thiazole rings is 1. The molecule has 3 aromatic carbocycles. The normalized spacial score (nSPS) is 13.0. The molecule has 0 saturated heterocycles. The van der Waals surface area contributed by atoms with E-state index in [-0.39, 0.29) is 12.5 Å². The Balaban J connectivity index is 1.59. The Morgan fingerprint density at radius 3 is 2.56 bits per heavy atom. The molecule has 34 heavy (non-hydrogen) atoms. The first-order valence-electron chi connectivity index (χ1n) is 10.5. The second-order valence-electron chi connectivity index (χ2n) is 7.65.